The van der Waals surface area contributed by atoms with Gasteiger partial charge in [-0.25, -0.2) is 4.98 Å². The molecule has 114 valence electrons. The lowest BCUT2D eigenvalue weighted by Gasteiger charge is -2.30. The van der Waals surface area contributed by atoms with Crippen LogP contribution in [0.1, 0.15) is 31.4 Å². The highest BCUT2D eigenvalue weighted by molar-refractivity contribution is 6.30. The summed E-state index contributed by atoms with van der Waals surface area (Å²) < 4.78 is 1.95. The molecule has 0 radical (unpaired) electrons. The minimum Gasteiger partial charge on any atom is -0.396 e. The van der Waals surface area contributed by atoms with Gasteiger partial charge in [-0.15, -0.1) is 0 Å². The van der Waals surface area contributed by atoms with Gasteiger partial charge in [-0.2, -0.15) is 0 Å². The first kappa shape index (κ1) is 14.8. The van der Waals surface area contributed by atoms with E-state index >= 15 is 0 Å². The Morgan fingerprint density at radius 3 is 2.86 bits per heavy atom. The lowest BCUT2D eigenvalue weighted by atomic mass is 9.79. The number of aromatic nitrogens is 2. The van der Waals surface area contributed by atoms with E-state index in [1.807, 2.05) is 28.9 Å². The summed E-state index contributed by atoms with van der Waals surface area (Å²) in [4.78, 5) is 4.57. The summed E-state index contributed by atoms with van der Waals surface area (Å²) in [5, 5.41) is 13.6. The quantitative estimate of drug-likeness (QED) is 0.893. The molecule has 2 atom stereocenters. The van der Waals surface area contributed by atoms with Crippen molar-refractivity contribution in [1.29, 1.82) is 0 Å². The van der Waals surface area contributed by atoms with E-state index in [-0.39, 0.29) is 0 Å². The van der Waals surface area contributed by atoms with Gasteiger partial charge in [0.25, 0.3) is 0 Å². The molecule has 1 aliphatic carbocycles. The van der Waals surface area contributed by atoms with E-state index in [1.165, 1.54) is 19.3 Å². The van der Waals surface area contributed by atoms with Crippen LogP contribution in [0.2, 0.25) is 5.02 Å². The van der Waals surface area contributed by atoms with Crippen molar-refractivity contribution in [2.24, 2.45) is 11.8 Å². The zero-order chi connectivity index (χ0) is 14.7. The molecule has 2 heterocycles. The minimum absolute atomic E-state index is 0.319. The van der Waals surface area contributed by atoms with E-state index in [2.05, 4.69) is 10.3 Å². The molecule has 1 aliphatic rings. The van der Waals surface area contributed by atoms with Gasteiger partial charge in [0.2, 0.25) is 0 Å². The van der Waals surface area contributed by atoms with Crippen molar-refractivity contribution in [3.63, 3.8) is 0 Å². The molecule has 0 saturated heterocycles. The molecular formula is C16H22ClN3O. The van der Waals surface area contributed by atoms with E-state index in [4.69, 9.17) is 11.6 Å². The second kappa shape index (κ2) is 6.77. The molecule has 0 spiro atoms. The molecule has 2 aromatic heterocycles. The second-order valence-electron chi connectivity index (χ2n) is 5.96. The summed E-state index contributed by atoms with van der Waals surface area (Å²) in [5.41, 5.74) is 1.94. The van der Waals surface area contributed by atoms with Crippen LogP contribution in [0.15, 0.2) is 24.5 Å². The lowest BCUT2D eigenvalue weighted by Crippen LogP contribution is -2.32. The Morgan fingerprint density at radius 2 is 2.05 bits per heavy atom. The van der Waals surface area contributed by atoms with Crippen molar-refractivity contribution in [1.82, 2.24) is 14.7 Å². The largest absolute Gasteiger partial charge is 0.396 e. The van der Waals surface area contributed by atoms with Crippen LogP contribution >= 0.6 is 11.6 Å². The smallest absolute Gasteiger partial charge is 0.137 e. The van der Waals surface area contributed by atoms with Gasteiger partial charge in [-0.3, -0.25) is 0 Å². The molecule has 1 saturated carbocycles. The molecule has 0 aliphatic heterocycles. The van der Waals surface area contributed by atoms with E-state index in [0.29, 0.717) is 23.5 Å². The second-order valence-corrected chi connectivity index (χ2v) is 6.40. The van der Waals surface area contributed by atoms with Crippen molar-refractivity contribution in [3.8, 4) is 0 Å². The van der Waals surface area contributed by atoms with Crippen molar-refractivity contribution < 1.29 is 5.11 Å². The SMILES string of the molecule is OCC1CCCCC1CNCc1cn2cc(Cl)ccc2n1. The maximum atomic E-state index is 9.44. The number of nitrogens with one attached hydrogen (secondary N) is 1. The Kier molecular flexibility index (Phi) is 4.78. The van der Waals surface area contributed by atoms with Gasteiger partial charge < -0.3 is 14.8 Å². The van der Waals surface area contributed by atoms with E-state index in [1.54, 1.807) is 0 Å². The molecule has 0 aromatic carbocycles. The predicted molar refractivity (Wildman–Crippen MR) is 84.4 cm³/mol. The van der Waals surface area contributed by atoms with E-state index in [9.17, 15) is 5.11 Å². The molecular weight excluding hydrogens is 286 g/mol. The average molecular weight is 308 g/mol. The van der Waals surface area contributed by atoms with Crippen molar-refractivity contribution >= 4 is 17.2 Å². The zero-order valence-corrected chi connectivity index (χ0v) is 12.9. The fourth-order valence-electron chi connectivity index (χ4n) is 3.28. The molecule has 2 aromatic rings. The molecule has 0 bridgehead atoms. The number of hydrogen-bond acceptors (Lipinski definition) is 3. The predicted octanol–water partition coefficient (Wildman–Crippen LogP) is 2.88. The van der Waals surface area contributed by atoms with Crippen LogP contribution in [-0.4, -0.2) is 27.6 Å². The third-order valence-electron chi connectivity index (χ3n) is 4.48. The number of hydrogen-bond donors (Lipinski definition) is 2. The minimum atomic E-state index is 0.319. The molecule has 4 nitrogen and oxygen atoms in total. The van der Waals surface area contributed by atoms with E-state index < -0.39 is 0 Å². The maximum absolute atomic E-state index is 9.44. The van der Waals surface area contributed by atoms with Gasteiger partial charge in [0, 0.05) is 25.5 Å². The number of pyridine rings is 1. The number of fused-ring (bicyclic) bond motifs is 1. The maximum Gasteiger partial charge on any atom is 0.137 e. The molecule has 21 heavy (non-hydrogen) atoms. The van der Waals surface area contributed by atoms with Crippen LogP contribution < -0.4 is 5.32 Å². The van der Waals surface area contributed by atoms with Crippen LogP contribution in [0.3, 0.4) is 0 Å². The number of aliphatic hydroxyl groups excluding tert-OH is 1. The van der Waals surface area contributed by atoms with Gasteiger partial charge in [0.15, 0.2) is 0 Å². The number of rotatable bonds is 5. The van der Waals surface area contributed by atoms with Gasteiger partial charge in [0.05, 0.1) is 10.7 Å². The molecule has 2 N–H and O–H groups in total. The zero-order valence-electron chi connectivity index (χ0n) is 12.1. The van der Waals surface area contributed by atoms with Gasteiger partial charge in [-0.05, 0) is 43.4 Å². The number of aliphatic hydroxyl groups is 1. The Hall–Kier alpha value is -1.10. The fourth-order valence-corrected chi connectivity index (χ4v) is 3.45. The van der Waals surface area contributed by atoms with Gasteiger partial charge in [-0.1, -0.05) is 24.4 Å². The highest BCUT2D eigenvalue weighted by Crippen LogP contribution is 2.29. The van der Waals surface area contributed by atoms with Crippen LogP contribution in [0, 0.1) is 11.8 Å². The van der Waals surface area contributed by atoms with Crippen LogP contribution in [0.5, 0.6) is 0 Å². The number of imidazole rings is 1. The van der Waals surface area contributed by atoms with Crippen molar-refractivity contribution in [2.45, 2.75) is 32.2 Å². The molecule has 3 rings (SSSR count). The Morgan fingerprint density at radius 1 is 1.24 bits per heavy atom. The Labute approximate surface area is 130 Å². The highest BCUT2D eigenvalue weighted by Gasteiger charge is 2.23. The molecule has 2 unspecified atom stereocenters. The third-order valence-corrected chi connectivity index (χ3v) is 4.70. The first-order valence-electron chi connectivity index (χ1n) is 7.71. The first-order valence-corrected chi connectivity index (χ1v) is 8.09. The standard InChI is InChI=1S/C16H22ClN3O/c17-14-5-6-16-19-15(10-20(16)9-14)8-18-7-12-3-1-2-4-13(12)11-21/h5-6,9-10,12-13,18,21H,1-4,7-8,11H2. The van der Waals surface area contributed by atoms with Crippen LogP contribution in [-0.2, 0) is 6.54 Å². The first-order chi connectivity index (χ1) is 10.3. The van der Waals surface area contributed by atoms with Gasteiger partial charge in [0.1, 0.15) is 5.65 Å². The monoisotopic (exact) mass is 307 g/mol. The third kappa shape index (κ3) is 3.57. The highest BCUT2D eigenvalue weighted by atomic mass is 35.5. The molecule has 0 amide bonds. The van der Waals surface area contributed by atoms with E-state index in [0.717, 1.165) is 30.9 Å². The number of halogens is 1. The number of nitrogens with zero attached hydrogens (tertiary/aromatic N) is 2. The molecule has 1 fully saturated rings. The summed E-state index contributed by atoms with van der Waals surface area (Å²) in [7, 11) is 0. The summed E-state index contributed by atoms with van der Waals surface area (Å²) in [6, 6.07) is 3.78. The van der Waals surface area contributed by atoms with Gasteiger partial charge >= 0.3 is 0 Å². The average Bonchev–Trinajstić information content (AvgIpc) is 2.89. The lowest BCUT2D eigenvalue weighted by molar-refractivity contribution is 0.133. The van der Waals surface area contributed by atoms with Crippen molar-refractivity contribution in [2.75, 3.05) is 13.2 Å². The van der Waals surface area contributed by atoms with Crippen LogP contribution in [0.25, 0.3) is 5.65 Å². The Balaban J connectivity index is 1.56. The fraction of sp³-hybridized carbons (Fsp3) is 0.562. The summed E-state index contributed by atoms with van der Waals surface area (Å²) >= 11 is 5.98. The summed E-state index contributed by atoms with van der Waals surface area (Å²) in [5.74, 6) is 1.06. The van der Waals surface area contributed by atoms with Crippen LogP contribution in [0.4, 0.5) is 0 Å². The summed E-state index contributed by atoms with van der Waals surface area (Å²) in [6.45, 7) is 2.03. The normalized spacial score (nSPS) is 22.8. The molecule has 5 heteroatoms. The Bertz CT molecular complexity index is 598. The topological polar surface area (TPSA) is 49.6 Å². The summed E-state index contributed by atoms with van der Waals surface area (Å²) in [6.07, 6.45) is 8.81. The van der Waals surface area contributed by atoms with Crippen molar-refractivity contribution in [3.05, 3.63) is 35.2 Å².